The van der Waals surface area contributed by atoms with E-state index in [4.69, 9.17) is 0 Å². The lowest BCUT2D eigenvalue weighted by Gasteiger charge is -2.23. The summed E-state index contributed by atoms with van der Waals surface area (Å²) in [4.78, 5) is 25.4. The van der Waals surface area contributed by atoms with Crippen LogP contribution in [0.2, 0.25) is 0 Å². The normalized spacial score (nSPS) is 17.8. The number of hydrogen-bond acceptors (Lipinski definition) is 2. The Morgan fingerprint density at radius 2 is 2.06 bits per heavy atom. The van der Waals surface area contributed by atoms with Crippen molar-refractivity contribution >= 4 is 11.8 Å². The van der Waals surface area contributed by atoms with E-state index in [1.807, 2.05) is 37.3 Å². The Labute approximate surface area is 107 Å². The van der Waals surface area contributed by atoms with Gasteiger partial charge in [-0.2, -0.15) is 0 Å². The molecule has 0 saturated carbocycles. The minimum atomic E-state index is -0.197. The van der Waals surface area contributed by atoms with Crippen LogP contribution >= 0.6 is 0 Å². The van der Waals surface area contributed by atoms with Crippen LogP contribution < -0.4 is 5.32 Å². The summed E-state index contributed by atoms with van der Waals surface area (Å²) in [6.07, 6.45) is 0.818. The Bertz CT molecular complexity index is 431. The molecular formula is C14H18N2O2. The van der Waals surface area contributed by atoms with Gasteiger partial charge < -0.3 is 10.2 Å². The second kappa shape index (κ2) is 5.67. The summed E-state index contributed by atoms with van der Waals surface area (Å²) in [5.41, 5.74) is 0.993. The molecule has 1 aromatic carbocycles. The zero-order valence-corrected chi connectivity index (χ0v) is 10.6. The first kappa shape index (κ1) is 12.6. The van der Waals surface area contributed by atoms with Crippen LogP contribution in [0.5, 0.6) is 0 Å². The number of carbonyl (C=O) groups is 2. The van der Waals surface area contributed by atoms with Crippen LogP contribution in [0.4, 0.5) is 0 Å². The third kappa shape index (κ3) is 2.88. The fourth-order valence-corrected chi connectivity index (χ4v) is 2.15. The Morgan fingerprint density at radius 1 is 1.33 bits per heavy atom. The predicted octanol–water partition coefficient (Wildman–Crippen LogP) is 1.14. The Balaban J connectivity index is 2.08. The predicted molar refractivity (Wildman–Crippen MR) is 69.1 cm³/mol. The summed E-state index contributed by atoms with van der Waals surface area (Å²) in [5, 5.41) is 2.78. The van der Waals surface area contributed by atoms with E-state index in [2.05, 4.69) is 5.32 Å². The van der Waals surface area contributed by atoms with Gasteiger partial charge in [0, 0.05) is 13.1 Å². The van der Waals surface area contributed by atoms with Crippen molar-refractivity contribution in [1.82, 2.24) is 10.2 Å². The molecule has 1 saturated heterocycles. The van der Waals surface area contributed by atoms with Crippen molar-refractivity contribution in [3.05, 3.63) is 35.9 Å². The third-order valence-electron chi connectivity index (χ3n) is 3.24. The molecule has 1 N–H and O–H groups in total. The largest absolute Gasteiger partial charge is 0.354 e. The van der Waals surface area contributed by atoms with Crippen molar-refractivity contribution in [1.29, 1.82) is 0 Å². The average molecular weight is 246 g/mol. The quantitative estimate of drug-likeness (QED) is 0.850. The SMILES string of the molecule is CC(C(=O)N1CCCNC(=O)C1)c1ccccc1. The van der Waals surface area contributed by atoms with Crippen LogP contribution in [0.15, 0.2) is 30.3 Å². The lowest BCUT2D eigenvalue weighted by molar-refractivity contribution is -0.136. The molecule has 96 valence electrons. The number of benzene rings is 1. The standard InChI is InChI=1S/C14H18N2O2/c1-11(12-6-3-2-4-7-12)14(18)16-9-5-8-15-13(17)10-16/h2-4,6-7,11H,5,8-10H2,1H3,(H,15,17). The van der Waals surface area contributed by atoms with Gasteiger partial charge in [-0.05, 0) is 18.9 Å². The van der Waals surface area contributed by atoms with Gasteiger partial charge in [0.15, 0.2) is 0 Å². The van der Waals surface area contributed by atoms with Gasteiger partial charge in [0.2, 0.25) is 11.8 Å². The zero-order valence-electron chi connectivity index (χ0n) is 10.6. The van der Waals surface area contributed by atoms with Crippen LogP contribution in [-0.4, -0.2) is 36.3 Å². The lowest BCUT2D eigenvalue weighted by atomic mass is 10.00. The van der Waals surface area contributed by atoms with Crippen LogP contribution in [0, 0.1) is 0 Å². The van der Waals surface area contributed by atoms with Crippen molar-refractivity contribution in [2.45, 2.75) is 19.3 Å². The minimum absolute atomic E-state index is 0.0262. The molecule has 0 aromatic heterocycles. The van der Waals surface area contributed by atoms with Gasteiger partial charge in [-0.15, -0.1) is 0 Å². The zero-order chi connectivity index (χ0) is 13.0. The smallest absolute Gasteiger partial charge is 0.239 e. The van der Waals surface area contributed by atoms with Crippen molar-refractivity contribution in [3.8, 4) is 0 Å². The van der Waals surface area contributed by atoms with E-state index >= 15 is 0 Å². The van der Waals surface area contributed by atoms with E-state index in [0.717, 1.165) is 12.0 Å². The molecule has 1 atom stereocenters. The van der Waals surface area contributed by atoms with Crippen molar-refractivity contribution < 1.29 is 9.59 Å². The van der Waals surface area contributed by atoms with E-state index in [-0.39, 0.29) is 24.3 Å². The van der Waals surface area contributed by atoms with Crippen LogP contribution in [-0.2, 0) is 9.59 Å². The highest BCUT2D eigenvalue weighted by molar-refractivity contribution is 5.88. The molecule has 0 spiro atoms. The molecule has 4 nitrogen and oxygen atoms in total. The monoisotopic (exact) mass is 246 g/mol. The molecule has 0 bridgehead atoms. The highest BCUT2D eigenvalue weighted by Gasteiger charge is 2.24. The molecule has 1 aliphatic heterocycles. The van der Waals surface area contributed by atoms with Gasteiger partial charge in [-0.3, -0.25) is 9.59 Å². The molecule has 1 unspecified atom stereocenters. The van der Waals surface area contributed by atoms with Gasteiger partial charge in [0.05, 0.1) is 12.5 Å². The molecule has 2 amide bonds. The maximum atomic E-state index is 12.3. The van der Waals surface area contributed by atoms with E-state index in [1.165, 1.54) is 0 Å². The van der Waals surface area contributed by atoms with E-state index in [0.29, 0.717) is 13.1 Å². The van der Waals surface area contributed by atoms with Gasteiger partial charge in [0.1, 0.15) is 0 Å². The first-order chi connectivity index (χ1) is 8.68. The maximum absolute atomic E-state index is 12.3. The highest BCUT2D eigenvalue weighted by atomic mass is 16.2. The van der Waals surface area contributed by atoms with Gasteiger partial charge >= 0.3 is 0 Å². The molecule has 1 heterocycles. The second-order valence-electron chi connectivity index (χ2n) is 4.60. The molecular weight excluding hydrogens is 228 g/mol. The van der Waals surface area contributed by atoms with Gasteiger partial charge in [-0.1, -0.05) is 30.3 Å². The molecule has 1 fully saturated rings. The number of rotatable bonds is 2. The fourth-order valence-electron chi connectivity index (χ4n) is 2.15. The lowest BCUT2D eigenvalue weighted by Crippen LogP contribution is -2.39. The molecule has 18 heavy (non-hydrogen) atoms. The number of hydrogen-bond donors (Lipinski definition) is 1. The van der Waals surface area contributed by atoms with E-state index in [9.17, 15) is 9.59 Å². The second-order valence-corrected chi connectivity index (χ2v) is 4.60. The van der Waals surface area contributed by atoms with Crippen molar-refractivity contribution in [2.75, 3.05) is 19.6 Å². The third-order valence-corrected chi connectivity index (χ3v) is 3.24. The topological polar surface area (TPSA) is 49.4 Å². The number of nitrogens with one attached hydrogen (secondary N) is 1. The summed E-state index contributed by atoms with van der Waals surface area (Å²) in [5.74, 6) is -0.239. The van der Waals surface area contributed by atoms with Crippen LogP contribution in [0.3, 0.4) is 0 Å². The summed E-state index contributed by atoms with van der Waals surface area (Å²) in [6, 6.07) is 9.67. The van der Waals surface area contributed by atoms with Crippen molar-refractivity contribution in [2.24, 2.45) is 0 Å². The first-order valence-corrected chi connectivity index (χ1v) is 6.29. The Kier molecular flexibility index (Phi) is 3.97. The minimum Gasteiger partial charge on any atom is -0.354 e. The Morgan fingerprint density at radius 3 is 2.78 bits per heavy atom. The summed E-state index contributed by atoms with van der Waals surface area (Å²) < 4.78 is 0. The molecule has 0 aliphatic carbocycles. The molecule has 2 rings (SSSR count). The van der Waals surface area contributed by atoms with Crippen LogP contribution in [0.1, 0.15) is 24.8 Å². The van der Waals surface area contributed by atoms with E-state index in [1.54, 1.807) is 4.90 Å². The van der Waals surface area contributed by atoms with Gasteiger partial charge in [0.25, 0.3) is 0 Å². The molecule has 4 heteroatoms. The average Bonchev–Trinajstić information content (AvgIpc) is 2.63. The van der Waals surface area contributed by atoms with Crippen molar-refractivity contribution in [3.63, 3.8) is 0 Å². The molecule has 1 aromatic rings. The number of amides is 2. The summed E-state index contributed by atoms with van der Waals surface area (Å²) in [7, 11) is 0. The number of nitrogens with zero attached hydrogens (tertiary/aromatic N) is 1. The van der Waals surface area contributed by atoms with Crippen LogP contribution in [0.25, 0.3) is 0 Å². The van der Waals surface area contributed by atoms with Gasteiger partial charge in [-0.25, -0.2) is 0 Å². The fraction of sp³-hybridized carbons (Fsp3) is 0.429. The first-order valence-electron chi connectivity index (χ1n) is 6.29. The Hall–Kier alpha value is -1.84. The molecule has 1 aliphatic rings. The maximum Gasteiger partial charge on any atom is 0.239 e. The number of carbonyl (C=O) groups excluding carboxylic acids is 2. The summed E-state index contributed by atoms with van der Waals surface area (Å²) >= 11 is 0. The van der Waals surface area contributed by atoms with E-state index < -0.39 is 0 Å². The highest BCUT2D eigenvalue weighted by Crippen LogP contribution is 2.18. The summed E-state index contributed by atoms with van der Waals surface area (Å²) in [6.45, 7) is 3.37. The molecule has 0 radical (unpaired) electrons.